The number of benzene rings is 2. The lowest BCUT2D eigenvalue weighted by Crippen LogP contribution is -2.56. The van der Waals surface area contributed by atoms with E-state index in [9.17, 15) is 18.8 Å². The Labute approximate surface area is 219 Å². The van der Waals surface area contributed by atoms with E-state index in [1.807, 2.05) is 41.3 Å². The van der Waals surface area contributed by atoms with E-state index in [1.165, 1.54) is 12.1 Å². The average molecular weight is 523 g/mol. The van der Waals surface area contributed by atoms with Gasteiger partial charge in [-0.2, -0.15) is 0 Å². The maximum Gasteiger partial charge on any atom is 0.328 e. The molecule has 0 aliphatic carbocycles. The van der Waals surface area contributed by atoms with Crippen molar-refractivity contribution in [3.05, 3.63) is 90.4 Å². The van der Waals surface area contributed by atoms with Crippen molar-refractivity contribution >= 4 is 17.8 Å². The number of pyridine rings is 1. The van der Waals surface area contributed by atoms with E-state index in [0.29, 0.717) is 29.3 Å². The fourth-order valence-electron chi connectivity index (χ4n) is 3.56. The van der Waals surface area contributed by atoms with Crippen LogP contribution in [0.1, 0.15) is 10.5 Å². The van der Waals surface area contributed by atoms with Crippen molar-refractivity contribution in [2.75, 3.05) is 40.3 Å². The van der Waals surface area contributed by atoms with Gasteiger partial charge in [-0.15, -0.1) is 0 Å². The number of amides is 1. The van der Waals surface area contributed by atoms with Gasteiger partial charge in [0.2, 0.25) is 0 Å². The van der Waals surface area contributed by atoms with Crippen LogP contribution in [0.4, 0.5) is 4.39 Å². The summed E-state index contributed by atoms with van der Waals surface area (Å²) in [6, 6.07) is 18.9. The number of carbonyl (C=O) groups excluding carboxylic acids is 1. The van der Waals surface area contributed by atoms with E-state index in [1.54, 1.807) is 18.2 Å². The van der Waals surface area contributed by atoms with Gasteiger partial charge >= 0.3 is 11.9 Å². The van der Waals surface area contributed by atoms with Gasteiger partial charge < -0.3 is 24.3 Å². The van der Waals surface area contributed by atoms with Crippen molar-refractivity contribution < 1.29 is 38.2 Å². The summed E-state index contributed by atoms with van der Waals surface area (Å²) in [4.78, 5) is 38.5. The predicted octanol–water partition coefficient (Wildman–Crippen LogP) is 3.92. The summed E-state index contributed by atoms with van der Waals surface area (Å²) in [6.45, 7) is 3.38. The molecule has 2 heterocycles. The quantitative estimate of drug-likeness (QED) is 0.372. The van der Waals surface area contributed by atoms with E-state index in [-0.39, 0.29) is 11.7 Å². The second kappa shape index (κ2) is 12.6. The number of carboxylic acids is 2. The van der Waals surface area contributed by atoms with Gasteiger partial charge in [-0.25, -0.2) is 19.0 Å². The van der Waals surface area contributed by atoms with E-state index >= 15 is 0 Å². The molecule has 1 aliphatic heterocycles. The Morgan fingerprint density at radius 1 is 0.868 bits per heavy atom. The Bertz CT molecular complexity index is 1280. The van der Waals surface area contributed by atoms with Crippen LogP contribution in [0.3, 0.4) is 0 Å². The molecule has 0 spiro atoms. The number of piperazine rings is 1. The highest BCUT2D eigenvalue weighted by molar-refractivity contribution is 5.93. The topological polar surface area (TPSA) is 117 Å². The third-order valence-electron chi connectivity index (χ3n) is 5.77. The van der Waals surface area contributed by atoms with E-state index in [0.717, 1.165) is 41.9 Å². The Balaban J connectivity index is 0.000000436. The summed E-state index contributed by atoms with van der Waals surface area (Å²) in [6.07, 6.45) is 1.12. The molecule has 1 fully saturated rings. The lowest BCUT2D eigenvalue weighted by molar-refractivity contribution is -0.894. The van der Waals surface area contributed by atoms with Crippen LogP contribution in [0.2, 0.25) is 0 Å². The van der Waals surface area contributed by atoms with E-state index < -0.39 is 11.9 Å². The van der Waals surface area contributed by atoms with Crippen LogP contribution in [-0.4, -0.2) is 82.7 Å². The molecule has 0 saturated carbocycles. The molecule has 198 valence electrons. The molecule has 10 heteroatoms. The fourth-order valence-corrected chi connectivity index (χ4v) is 3.56. The first-order valence-corrected chi connectivity index (χ1v) is 11.8. The molecule has 1 aromatic heterocycles. The molecule has 0 radical (unpaired) electrons. The minimum absolute atomic E-state index is 0.0205. The first-order valence-electron chi connectivity index (χ1n) is 11.8. The maximum absolute atomic E-state index is 13.0. The largest absolute Gasteiger partial charge is 0.478 e. The number of hydrogen-bond donors (Lipinski definition) is 2. The number of nitrogens with zero attached hydrogens (tertiary/aromatic N) is 3. The number of aliphatic carboxylic acids is 2. The molecule has 4 rings (SSSR count). The van der Waals surface area contributed by atoms with E-state index in [4.69, 9.17) is 14.9 Å². The molecule has 2 N–H and O–H groups in total. The van der Waals surface area contributed by atoms with Crippen molar-refractivity contribution in [2.24, 2.45) is 0 Å². The molecule has 1 amide bonds. The number of quaternary nitrogens is 1. The Kier molecular flexibility index (Phi) is 9.28. The summed E-state index contributed by atoms with van der Waals surface area (Å²) in [5, 5.41) is 15.6. The molecule has 1 saturated heterocycles. The Hall–Kier alpha value is -4.57. The SMILES string of the molecule is C[N+]1(C)CCN(C(=O)c2cccc(-c3ccc(Oc4ccc(F)cc4)cc3)n2)CC1.O=C(O)/C=C/C(=O)O. The number of rotatable bonds is 6. The first-order chi connectivity index (χ1) is 18.0. The Morgan fingerprint density at radius 3 is 1.92 bits per heavy atom. The van der Waals surface area contributed by atoms with Gasteiger partial charge in [0.1, 0.15) is 23.0 Å². The molecule has 2 aromatic carbocycles. The molecular weight excluding hydrogens is 493 g/mol. The molecule has 0 bridgehead atoms. The van der Waals surface area contributed by atoms with Crippen LogP contribution < -0.4 is 4.74 Å². The summed E-state index contributed by atoms with van der Waals surface area (Å²) >= 11 is 0. The minimum atomic E-state index is -1.26. The maximum atomic E-state index is 13.0. The van der Waals surface area contributed by atoms with Gasteiger partial charge in [0.25, 0.3) is 5.91 Å². The fraction of sp³-hybridized carbons (Fsp3) is 0.214. The number of ether oxygens (including phenoxy) is 1. The van der Waals surface area contributed by atoms with Crippen molar-refractivity contribution in [1.82, 2.24) is 9.88 Å². The first kappa shape index (κ1) is 28.0. The highest BCUT2D eigenvalue weighted by atomic mass is 19.1. The van der Waals surface area contributed by atoms with Crippen molar-refractivity contribution in [1.29, 1.82) is 0 Å². The van der Waals surface area contributed by atoms with Crippen LogP contribution in [0.25, 0.3) is 11.3 Å². The van der Waals surface area contributed by atoms with Gasteiger partial charge in [0.15, 0.2) is 0 Å². The van der Waals surface area contributed by atoms with Gasteiger partial charge in [-0.3, -0.25) is 4.79 Å². The summed E-state index contributed by atoms with van der Waals surface area (Å²) < 4.78 is 19.7. The summed E-state index contributed by atoms with van der Waals surface area (Å²) in [7, 11) is 4.37. The van der Waals surface area contributed by atoms with E-state index in [2.05, 4.69) is 19.1 Å². The molecule has 38 heavy (non-hydrogen) atoms. The molecule has 9 nitrogen and oxygen atoms in total. The number of carboxylic acid groups (broad SMARTS) is 2. The average Bonchev–Trinajstić information content (AvgIpc) is 2.89. The lowest BCUT2D eigenvalue weighted by atomic mass is 10.1. The monoisotopic (exact) mass is 522 g/mol. The molecule has 1 aliphatic rings. The number of carbonyl (C=O) groups is 3. The highest BCUT2D eigenvalue weighted by Gasteiger charge is 2.28. The van der Waals surface area contributed by atoms with Gasteiger partial charge in [0, 0.05) is 17.7 Å². The molecule has 0 atom stereocenters. The number of likely N-dealkylation sites (N-methyl/N-ethyl adjacent to an activating group) is 1. The highest BCUT2D eigenvalue weighted by Crippen LogP contribution is 2.25. The number of aromatic nitrogens is 1. The zero-order valence-electron chi connectivity index (χ0n) is 21.1. The zero-order valence-corrected chi connectivity index (χ0v) is 21.1. The third-order valence-corrected chi connectivity index (χ3v) is 5.77. The lowest BCUT2D eigenvalue weighted by Gasteiger charge is -2.38. The molecular formula is C28H29FN3O6+. The molecule has 0 unspecified atom stereocenters. The zero-order chi connectivity index (χ0) is 27.7. The normalized spacial score (nSPS) is 14.3. The van der Waals surface area contributed by atoms with Crippen molar-refractivity contribution in [3.8, 4) is 22.8 Å². The second-order valence-corrected chi connectivity index (χ2v) is 9.17. The van der Waals surface area contributed by atoms with Crippen LogP contribution in [0, 0.1) is 5.82 Å². The summed E-state index contributed by atoms with van der Waals surface area (Å²) in [5.41, 5.74) is 2.10. The molecule has 3 aromatic rings. The summed E-state index contributed by atoms with van der Waals surface area (Å²) in [5.74, 6) is -1.62. The number of hydrogen-bond acceptors (Lipinski definition) is 5. The van der Waals surface area contributed by atoms with Crippen LogP contribution in [-0.2, 0) is 9.59 Å². The standard InChI is InChI=1S/C24H25FN3O2.C4H4O4/c1-28(2)16-14-27(15-17-28)24(29)23-5-3-4-22(26-23)18-6-10-20(11-7-18)30-21-12-8-19(25)9-13-21;5-3(6)1-2-4(7)8/h3-13H,14-17H2,1-2H3;1-2H,(H,5,6)(H,7,8)/q+1;/b;2-1+. The number of halogens is 1. The van der Waals surface area contributed by atoms with Crippen LogP contribution in [0.5, 0.6) is 11.5 Å². The minimum Gasteiger partial charge on any atom is -0.478 e. The predicted molar refractivity (Wildman–Crippen MR) is 138 cm³/mol. The van der Waals surface area contributed by atoms with Gasteiger partial charge in [-0.05, 0) is 60.7 Å². The van der Waals surface area contributed by atoms with Gasteiger partial charge in [-0.1, -0.05) is 6.07 Å². The smallest absolute Gasteiger partial charge is 0.328 e. The van der Waals surface area contributed by atoms with Crippen molar-refractivity contribution in [3.63, 3.8) is 0 Å². The second-order valence-electron chi connectivity index (χ2n) is 9.17. The third kappa shape index (κ3) is 8.52. The van der Waals surface area contributed by atoms with Gasteiger partial charge in [0.05, 0.1) is 46.0 Å². The Morgan fingerprint density at radius 2 is 1.39 bits per heavy atom. The van der Waals surface area contributed by atoms with Crippen LogP contribution in [0.15, 0.2) is 78.9 Å². The van der Waals surface area contributed by atoms with Crippen molar-refractivity contribution in [2.45, 2.75) is 0 Å². The van der Waals surface area contributed by atoms with Crippen LogP contribution >= 0.6 is 0 Å².